The molecule has 224 valence electrons. The van der Waals surface area contributed by atoms with Crippen molar-refractivity contribution >= 4 is 13.8 Å². The number of ether oxygens (including phenoxy) is 2. The van der Waals surface area contributed by atoms with Gasteiger partial charge in [-0.2, -0.15) is 0 Å². The Morgan fingerprint density at radius 2 is 1.33 bits per heavy atom. The maximum absolute atomic E-state index is 11.8. The quantitative estimate of drug-likeness (QED) is 0.0489. The summed E-state index contributed by atoms with van der Waals surface area (Å²) in [7, 11) is -4.24. The summed E-state index contributed by atoms with van der Waals surface area (Å²) in [6, 6.07) is 0. The maximum Gasteiger partial charge on any atom is 0.472 e. The number of carbonyl (C=O) groups excluding carboxylic acids is 1. The highest BCUT2D eigenvalue weighted by molar-refractivity contribution is 7.47. The van der Waals surface area contributed by atoms with Crippen molar-refractivity contribution in [3.05, 3.63) is 60.8 Å². The molecule has 0 radical (unpaired) electrons. The van der Waals surface area contributed by atoms with Crippen molar-refractivity contribution < 1.29 is 32.8 Å². The first-order valence-corrected chi connectivity index (χ1v) is 15.8. The molecule has 0 aliphatic carbocycles. The highest BCUT2D eigenvalue weighted by atomic mass is 31.2. The number of rotatable bonds is 26. The van der Waals surface area contributed by atoms with Gasteiger partial charge in [-0.1, -0.05) is 87.4 Å². The molecule has 0 aromatic heterocycles. The van der Waals surface area contributed by atoms with E-state index in [1.165, 1.54) is 0 Å². The summed E-state index contributed by atoms with van der Waals surface area (Å²) in [4.78, 5) is 21.2. The normalized spacial score (nSPS) is 14.9. The molecule has 0 aromatic rings. The summed E-state index contributed by atoms with van der Waals surface area (Å²) >= 11 is 0. The van der Waals surface area contributed by atoms with Crippen molar-refractivity contribution in [3.8, 4) is 0 Å². The van der Waals surface area contributed by atoms with Crippen LogP contribution in [0.15, 0.2) is 60.8 Å². The van der Waals surface area contributed by atoms with Crippen molar-refractivity contribution in [2.75, 3.05) is 33.0 Å². The first-order valence-electron chi connectivity index (χ1n) is 14.3. The Hall–Kier alpha value is -1.80. The van der Waals surface area contributed by atoms with E-state index in [1.54, 1.807) is 6.92 Å². The molecule has 0 heterocycles. The number of nitrogens with two attached hydrogens (primary N) is 1. The molecule has 9 heteroatoms. The highest BCUT2D eigenvalue weighted by Gasteiger charge is 2.24. The van der Waals surface area contributed by atoms with Crippen molar-refractivity contribution in [2.24, 2.45) is 5.73 Å². The van der Waals surface area contributed by atoms with E-state index in [2.05, 4.69) is 72.2 Å². The fraction of sp³-hybridized carbons (Fsp3) is 0.633. The zero-order chi connectivity index (χ0) is 28.9. The van der Waals surface area contributed by atoms with Crippen molar-refractivity contribution in [1.29, 1.82) is 0 Å². The fourth-order valence-electron chi connectivity index (χ4n) is 3.17. The van der Waals surface area contributed by atoms with Gasteiger partial charge < -0.3 is 20.1 Å². The van der Waals surface area contributed by atoms with E-state index in [0.717, 1.165) is 64.2 Å². The van der Waals surface area contributed by atoms with E-state index in [-0.39, 0.29) is 32.8 Å². The molecular formula is C30H52NO7P. The third-order valence-electron chi connectivity index (χ3n) is 5.25. The summed E-state index contributed by atoms with van der Waals surface area (Å²) in [5, 5.41) is 0. The third-order valence-corrected chi connectivity index (χ3v) is 6.24. The minimum absolute atomic E-state index is 0.0860. The summed E-state index contributed by atoms with van der Waals surface area (Å²) < 4.78 is 32.2. The van der Waals surface area contributed by atoms with Gasteiger partial charge in [0.2, 0.25) is 0 Å². The molecule has 0 amide bonds. The Morgan fingerprint density at radius 3 is 1.90 bits per heavy atom. The van der Waals surface area contributed by atoms with E-state index in [0.29, 0.717) is 6.61 Å². The predicted molar refractivity (Wildman–Crippen MR) is 159 cm³/mol. The van der Waals surface area contributed by atoms with Crippen molar-refractivity contribution in [1.82, 2.24) is 0 Å². The molecule has 0 aliphatic heterocycles. The molecule has 2 unspecified atom stereocenters. The molecule has 0 spiro atoms. The van der Waals surface area contributed by atoms with Crippen LogP contribution in [0.1, 0.15) is 84.5 Å². The zero-order valence-electron chi connectivity index (χ0n) is 24.1. The molecule has 0 saturated carbocycles. The summed E-state index contributed by atoms with van der Waals surface area (Å²) in [5.41, 5.74) is 5.26. The van der Waals surface area contributed by atoms with Gasteiger partial charge in [0, 0.05) is 19.6 Å². The lowest BCUT2D eigenvalue weighted by atomic mass is 10.1. The number of unbranched alkanes of at least 4 members (excludes halogenated alkanes) is 4. The lowest BCUT2D eigenvalue weighted by Crippen LogP contribution is -2.28. The Labute approximate surface area is 236 Å². The van der Waals surface area contributed by atoms with Gasteiger partial charge in [-0.05, 0) is 51.4 Å². The minimum atomic E-state index is -4.24. The van der Waals surface area contributed by atoms with Crippen LogP contribution in [0.4, 0.5) is 0 Å². The third kappa shape index (κ3) is 27.6. The Kier molecular flexibility index (Phi) is 26.5. The second-order valence-corrected chi connectivity index (χ2v) is 10.3. The number of phosphoric acid groups is 1. The van der Waals surface area contributed by atoms with Gasteiger partial charge in [-0.15, -0.1) is 0 Å². The van der Waals surface area contributed by atoms with Crippen molar-refractivity contribution in [2.45, 2.75) is 90.6 Å². The van der Waals surface area contributed by atoms with Crippen LogP contribution in [-0.4, -0.2) is 49.9 Å². The summed E-state index contributed by atoms with van der Waals surface area (Å²) in [6.45, 7) is 4.11. The monoisotopic (exact) mass is 569 g/mol. The molecule has 0 aliphatic rings. The molecule has 0 fully saturated rings. The van der Waals surface area contributed by atoms with E-state index in [9.17, 15) is 14.3 Å². The van der Waals surface area contributed by atoms with Crippen LogP contribution < -0.4 is 5.73 Å². The molecule has 3 N–H and O–H groups in total. The SMILES string of the molecule is CC/C=C\C/C=C\C/C=C\C/C=C\C/C=C\CCCCCCOCC(COP(=O)(O)OCCN)OC(=O)CC. The average molecular weight is 570 g/mol. The molecule has 0 aromatic carbocycles. The smallest absolute Gasteiger partial charge is 0.457 e. The van der Waals surface area contributed by atoms with Crippen LogP contribution in [0.25, 0.3) is 0 Å². The average Bonchev–Trinajstić information content (AvgIpc) is 2.93. The van der Waals surface area contributed by atoms with Gasteiger partial charge in [0.05, 0.1) is 19.8 Å². The van der Waals surface area contributed by atoms with Crippen LogP contribution >= 0.6 is 7.82 Å². The first kappa shape index (κ1) is 37.2. The number of hydrogen-bond donors (Lipinski definition) is 2. The van der Waals surface area contributed by atoms with Crippen molar-refractivity contribution in [3.63, 3.8) is 0 Å². The number of allylic oxidation sites excluding steroid dienone is 10. The van der Waals surface area contributed by atoms with Crippen LogP contribution in [0.3, 0.4) is 0 Å². The number of carbonyl (C=O) groups is 1. The lowest BCUT2D eigenvalue weighted by molar-refractivity contribution is -0.154. The highest BCUT2D eigenvalue weighted by Crippen LogP contribution is 2.43. The van der Waals surface area contributed by atoms with E-state index < -0.39 is 19.9 Å². The van der Waals surface area contributed by atoms with E-state index in [4.69, 9.17) is 19.7 Å². The van der Waals surface area contributed by atoms with Crippen LogP contribution in [0.5, 0.6) is 0 Å². The Bertz CT molecular complexity index is 777. The second kappa shape index (κ2) is 27.8. The molecular weight excluding hydrogens is 517 g/mol. The second-order valence-electron chi connectivity index (χ2n) is 8.84. The van der Waals surface area contributed by atoms with E-state index in [1.807, 2.05) is 0 Å². The standard InChI is InChI=1S/C30H52NO7P/c1-3-5-6-7-8-9-10-11-12-13-14-15-16-17-18-19-20-21-22-23-25-35-27-29(38-30(32)4-2)28-37-39(33,34)36-26-24-31/h5-6,8-9,11-12,14-15,17-18,29H,3-4,7,10,13,16,19-28,31H2,1-2H3,(H,33,34)/b6-5-,9-8-,12-11-,15-14-,18-17-. The fourth-order valence-corrected chi connectivity index (χ4v) is 3.94. The summed E-state index contributed by atoms with van der Waals surface area (Å²) in [5.74, 6) is -0.433. The van der Waals surface area contributed by atoms with Gasteiger partial charge in [0.1, 0.15) is 6.10 Å². The number of esters is 1. The summed E-state index contributed by atoms with van der Waals surface area (Å²) in [6.07, 6.45) is 31.7. The first-order chi connectivity index (χ1) is 18.9. The Morgan fingerprint density at radius 1 is 0.769 bits per heavy atom. The zero-order valence-corrected chi connectivity index (χ0v) is 25.0. The van der Waals surface area contributed by atoms with Crippen LogP contribution in [0.2, 0.25) is 0 Å². The molecule has 2 atom stereocenters. The Balaban J connectivity index is 3.83. The molecule has 39 heavy (non-hydrogen) atoms. The number of hydrogen-bond acceptors (Lipinski definition) is 7. The largest absolute Gasteiger partial charge is 0.472 e. The molecule has 0 rings (SSSR count). The molecule has 0 bridgehead atoms. The minimum Gasteiger partial charge on any atom is -0.457 e. The topological polar surface area (TPSA) is 117 Å². The van der Waals surface area contributed by atoms with Gasteiger partial charge in [-0.3, -0.25) is 13.8 Å². The number of phosphoric ester groups is 1. The van der Waals surface area contributed by atoms with Gasteiger partial charge in [0.25, 0.3) is 0 Å². The van der Waals surface area contributed by atoms with Gasteiger partial charge >= 0.3 is 13.8 Å². The maximum atomic E-state index is 11.8. The predicted octanol–water partition coefficient (Wildman–Crippen LogP) is 7.12. The molecule has 0 saturated heterocycles. The van der Waals surface area contributed by atoms with Gasteiger partial charge in [0.15, 0.2) is 0 Å². The van der Waals surface area contributed by atoms with Gasteiger partial charge in [-0.25, -0.2) is 4.57 Å². The van der Waals surface area contributed by atoms with Crippen LogP contribution in [0, 0.1) is 0 Å². The molecule has 8 nitrogen and oxygen atoms in total. The lowest BCUT2D eigenvalue weighted by Gasteiger charge is -2.19. The van der Waals surface area contributed by atoms with Crippen LogP contribution in [-0.2, 0) is 27.9 Å². The van der Waals surface area contributed by atoms with E-state index >= 15 is 0 Å².